The molecule has 84 valence electrons. The minimum absolute atomic E-state index is 0.507. The molecule has 0 amide bonds. The molecule has 1 aliphatic heterocycles. The third-order valence-corrected chi connectivity index (χ3v) is 2.77. The topological polar surface area (TPSA) is 9.23 Å². The average Bonchev–Trinajstić information content (AvgIpc) is 2.18. The van der Waals surface area contributed by atoms with Crippen LogP contribution < -0.4 is 0 Å². The summed E-state index contributed by atoms with van der Waals surface area (Å²) in [5.41, 5.74) is 2.48. The summed E-state index contributed by atoms with van der Waals surface area (Å²) >= 11 is 0. The van der Waals surface area contributed by atoms with Gasteiger partial charge in [-0.1, -0.05) is 39.0 Å². The summed E-state index contributed by atoms with van der Waals surface area (Å²) in [6, 6.07) is 0. The Morgan fingerprint density at radius 3 is 2.73 bits per heavy atom. The summed E-state index contributed by atoms with van der Waals surface area (Å²) in [6.07, 6.45) is 5.34. The highest BCUT2D eigenvalue weighted by Crippen LogP contribution is 2.28. The lowest BCUT2D eigenvalue weighted by atomic mass is 9.93. The SMILES string of the molecule is C=C(/C=C1/CC(C)CO/C1=C/C)C(C)C. The molecule has 0 N–H and O–H groups in total. The number of allylic oxidation sites excluding steroid dienone is 4. The average molecular weight is 206 g/mol. The molecule has 0 aromatic carbocycles. The summed E-state index contributed by atoms with van der Waals surface area (Å²) in [4.78, 5) is 0. The fourth-order valence-corrected chi connectivity index (χ4v) is 1.65. The van der Waals surface area contributed by atoms with Crippen LogP contribution in [0.2, 0.25) is 0 Å². The van der Waals surface area contributed by atoms with Crippen LogP contribution >= 0.6 is 0 Å². The largest absolute Gasteiger partial charge is 0.493 e. The lowest BCUT2D eigenvalue weighted by molar-refractivity contribution is 0.151. The lowest BCUT2D eigenvalue weighted by Gasteiger charge is -2.25. The quantitative estimate of drug-likeness (QED) is 0.661. The zero-order valence-electron chi connectivity index (χ0n) is 10.3. The molecule has 0 saturated carbocycles. The van der Waals surface area contributed by atoms with Crippen LogP contribution in [0.3, 0.4) is 0 Å². The maximum Gasteiger partial charge on any atom is 0.118 e. The van der Waals surface area contributed by atoms with E-state index in [9.17, 15) is 0 Å². The lowest BCUT2D eigenvalue weighted by Crippen LogP contribution is -2.15. The summed E-state index contributed by atoms with van der Waals surface area (Å²) in [5, 5.41) is 0. The Labute approximate surface area is 93.5 Å². The van der Waals surface area contributed by atoms with Gasteiger partial charge >= 0.3 is 0 Å². The molecule has 0 spiro atoms. The predicted molar refractivity (Wildman–Crippen MR) is 65.6 cm³/mol. The van der Waals surface area contributed by atoms with E-state index in [0.717, 1.165) is 18.8 Å². The monoisotopic (exact) mass is 206 g/mol. The van der Waals surface area contributed by atoms with E-state index >= 15 is 0 Å². The molecule has 1 heterocycles. The third-order valence-electron chi connectivity index (χ3n) is 2.77. The first-order valence-corrected chi connectivity index (χ1v) is 5.73. The minimum Gasteiger partial charge on any atom is -0.493 e. The fourth-order valence-electron chi connectivity index (χ4n) is 1.65. The first-order valence-electron chi connectivity index (χ1n) is 5.73. The third kappa shape index (κ3) is 3.26. The van der Waals surface area contributed by atoms with Gasteiger partial charge in [0.2, 0.25) is 0 Å². The van der Waals surface area contributed by atoms with Crippen molar-refractivity contribution in [2.75, 3.05) is 6.61 Å². The van der Waals surface area contributed by atoms with Crippen molar-refractivity contribution in [3.8, 4) is 0 Å². The summed E-state index contributed by atoms with van der Waals surface area (Å²) in [6.45, 7) is 13.5. The number of ether oxygens (including phenoxy) is 1. The first kappa shape index (κ1) is 12.1. The molecule has 0 aromatic rings. The van der Waals surface area contributed by atoms with Gasteiger partial charge in [-0.15, -0.1) is 0 Å². The second-order valence-electron chi connectivity index (χ2n) is 4.67. The van der Waals surface area contributed by atoms with Crippen molar-refractivity contribution in [3.63, 3.8) is 0 Å². The van der Waals surface area contributed by atoms with Crippen molar-refractivity contribution < 1.29 is 4.74 Å². The van der Waals surface area contributed by atoms with Crippen LogP contribution in [-0.2, 0) is 4.74 Å². The van der Waals surface area contributed by atoms with Crippen molar-refractivity contribution in [1.29, 1.82) is 0 Å². The molecule has 1 saturated heterocycles. The van der Waals surface area contributed by atoms with Crippen LogP contribution in [0.4, 0.5) is 0 Å². The van der Waals surface area contributed by atoms with Gasteiger partial charge in [-0.05, 0) is 36.8 Å². The maximum absolute atomic E-state index is 5.68. The van der Waals surface area contributed by atoms with E-state index in [-0.39, 0.29) is 0 Å². The van der Waals surface area contributed by atoms with Gasteiger partial charge in [0, 0.05) is 0 Å². The molecule has 1 heteroatoms. The van der Waals surface area contributed by atoms with Gasteiger partial charge in [0.05, 0.1) is 6.61 Å². The predicted octanol–water partition coefficient (Wildman–Crippen LogP) is 4.09. The molecule has 0 bridgehead atoms. The molecule has 1 aliphatic rings. The molecule has 15 heavy (non-hydrogen) atoms. The summed E-state index contributed by atoms with van der Waals surface area (Å²) in [5.74, 6) is 2.16. The van der Waals surface area contributed by atoms with Crippen LogP contribution in [0, 0.1) is 11.8 Å². The normalized spacial score (nSPS) is 27.1. The molecule has 1 nitrogen and oxygen atoms in total. The Morgan fingerprint density at radius 2 is 2.20 bits per heavy atom. The Bertz CT molecular complexity index is 294. The van der Waals surface area contributed by atoms with Gasteiger partial charge in [0.25, 0.3) is 0 Å². The van der Waals surface area contributed by atoms with Crippen molar-refractivity contribution >= 4 is 0 Å². The number of hydrogen-bond donors (Lipinski definition) is 0. The molecule has 1 rings (SSSR count). The zero-order chi connectivity index (χ0) is 11.4. The minimum atomic E-state index is 0.507. The molecule has 0 aromatic heterocycles. The first-order chi connectivity index (χ1) is 7.04. The highest BCUT2D eigenvalue weighted by molar-refractivity contribution is 5.34. The van der Waals surface area contributed by atoms with E-state index in [0.29, 0.717) is 11.8 Å². The van der Waals surface area contributed by atoms with Crippen LogP contribution in [0.1, 0.15) is 34.1 Å². The second kappa shape index (κ2) is 5.20. The standard InChI is InChI=1S/C14H22O/c1-6-14-13(7-11(4)9-15-14)8-12(5)10(2)3/h6,8,10-11H,5,7,9H2,1-4H3/b13-8-,14-6+. The molecular formula is C14H22O. The van der Waals surface area contributed by atoms with Crippen molar-refractivity contribution in [2.45, 2.75) is 34.1 Å². The zero-order valence-corrected chi connectivity index (χ0v) is 10.3. The van der Waals surface area contributed by atoms with Gasteiger partial charge in [-0.2, -0.15) is 0 Å². The van der Waals surface area contributed by atoms with E-state index in [1.165, 1.54) is 11.1 Å². The number of rotatable bonds is 2. The van der Waals surface area contributed by atoms with Crippen LogP contribution in [0.15, 0.2) is 35.6 Å². The van der Waals surface area contributed by atoms with Gasteiger partial charge in [-0.25, -0.2) is 0 Å². The Morgan fingerprint density at radius 1 is 1.53 bits per heavy atom. The van der Waals surface area contributed by atoms with Crippen molar-refractivity contribution in [3.05, 3.63) is 35.6 Å². The van der Waals surface area contributed by atoms with Gasteiger partial charge in [-0.3, -0.25) is 0 Å². The number of hydrogen-bond acceptors (Lipinski definition) is 1. The molecule has 1 atom stereocenters. The Hall–Kier alpha value is -0.980. The molecule has 1 unspecified atom stereocenters. The highest BCUT2D eigenvalue weighted by atomic mass is 16.5. The molecule has 1 fully saturated rings. The van der Waals surface area contributed by atoms with Gasteiger partial charge < -0.3 is 4.74 Å². The van der Waals surface area contributed by atoms with Crippen molar-refractivity contribution in [2.24, 2.45) is 11.8 Å². The molecule has 0 aliphatic carbocycles. The van der Waals surface area contributed by atoms with Gasteiger partial charge in [0.1, 0.15) is 5.76 Å². The van der Waals surface area contributed by atoms with Gasteiger partial charge in [0.15, 0.2) is 0 Å². The summed E-state index contributed by atoms with van der Waals surface area (Å²) < 4.78 is 5.68. The van der Waals surface area contributed by atoms with E-state index in [1.807, 2.05) is 13.0 Å². The molecular weight excluding hydrogens is 184 g/mol. The van der Waals surface area contributed by atoms with E-state index in [1.54, 1.807) is 0 Å². The van der Waals surface area contributed by atoms with Crippen LogP contribution in [-0.4, -0.2) is 6.61 Å². The smallest absolute Gasteiger partial charge is 0.118 e. The van der Waals surface area contributed by atoms with Crippen molar-refractivity contribution in [1.82, 2.24) is 0 Å². The Kier molecular flexibility index (Phi) is 4.19. The molecule has 0 radical (unpaired) electrons. The van der Waals surface area contributed by atoms with E-state index < -0.39 is 0 Å². The summed E-state index contributed by atoms with van der Waals surface area (Å²) in [7, 11) is 0. The fraction of sp³-hybridized carbons (Fsp3) is 0.571. The van der Waals surface area contributed by atoms with E-state index in [4.69, 9.17) is 4.74 Å². The van der Waals surface area contributed by atoms with Crippen LogP contribution in [0.25, 0.3) is 0 Å². The van der Waals surface area contributed by atoms with Crippen LogP contribution in [0.5, 0.6) is 0 Å². The van der Waals surface area contributed by atoms with E-state index in [2.05, 4.69) is 33.4 Å². The Balaban J connectivity index is 2.84. The maximum atomic E-state index is 5.68. The highest BCUT2D eigenvalue weighted by Gasteiger charge is 2.18. The second-order valence-corrected chi connectivity index (χ2v) is 4.67.